The number of ether oxygens (including phenoxy) is 1. The van der Waals surface area contributed by atoms with Crippen molar-refractivity contribution in [3.63, 3.8) is 0 Å². The van der Waals surface area contributed by atoms with Gasteiger partial charge in [0.25, 0.3) is 5.56 Å². The van der Waals surface area contributed by atoms with Crippen LogP contribution in [0.4, 0.5) is 0 Å². The largest absolute Gasteiger partial charge is 0.496 e. The van der Waals surface area contributed by atoms with E-state index >= 15 is 0 Å². The maximum Gasteiger partial charge on any atom is 0.251 e. The molecule has 0 bridgehead atoms. The average Bonchev–Trinajstić information content (AvgIpc) is 2.38. The highest BCUT2D eigenvalue weighted by Gasteiger charge is 2.15. The molecular weight excluding hydrogens is 264 g/mol. The predicted octanol–water partition coefficient (Wildman–Crippen LogP) is 1.98. The van der Waals surface area contributed by atoms with Crippen LogP contribution < -0.4 is 10.3 Å². The molecule has 0 amide bonds. The summed E-state index contributed by atoms with van der Waals surface area (Å²) in [6.07, 6.45) is 0.776. The monoisotopic (exact) mass is 278 g/mol. The second-order valence-corrected chi connectivity index (χ2v) is 4.92. The summed E-state index contributed by atoms with van der Waals surface area (Å²) in [4.78, 5) is 18.7. The van der Waals surface area contributed by atoms with Gasteiger partial charge in [-0.05, 0) is 19.1 Å². The first-order valence-corrected chi connectivity index (χ1v) is 6.51. The molecule has 0 spiro atoms. The van der Waals surface area contributed by atoms with Gasteiger partial charge in [0.1, 0.15) is 5.75 Å². The molecule has 1 aromatic carbocycles. The molecule has 2 N–H and O–H groups in total. The number of hydrogen-bond donors (Lipinski definition) is 2. The Balaban J connectivity index is 2.42. The van der Waals surface area contributed by atoms with Crippen LogP contribution in [0, 0.1) is 0 Å². The Kier molecular flexibility index (Phi) is 4.24. The molecule has 0 aliphatic rings. The second-order valence-electron chi connectivity index (χ2n) is 3.89. The number of nitrogens with zero attached hydrogens (tertiary/aromatic N) is 1. The van der Waals surface area contributed by atoms with Gasteiger partial charge in [0.15, 0.2) is 5.16 Å². The lowest BCUT2D eigenvalue weighted by Gasteiger charge is -2.15. The fourth-order valence-corrected chi connectivity index (χ4v) is 2.71. The van der Waals surface area contributed by atoms with E-state index in [1.54, 1.807) is 20.1 Å². The van der Waals surface area contributed by atoms with Crippen LogP contribution >= 0.6 is 11.8 Å². The summed E-state index contributed by atoms with van der Waals surface area (Å²) >= 11 is 1.28. The predicted molar refractivity (Wildman–Crippen MR) is 72.6 cm³/mol. The quantitative estimate of drug-likeness (QED) is 0.836. The Morgan fingerprint density at radius 1 is 1.42 bits per heavy atom. The topological polar surface area (TPSA) is 75.2 Å². The Hall–Kier alpha value is -1.79. The molecule has 0 aliphatic carbocycles. The zero-order chi connectivity index (χ0) is 13.8. The number of methoxy groups -OCH3 is 1. The highest BCUT2D eigenvalue weighted by Crippen LogP contribution is 2.36. The average molecular weight is 278 g/mol. The van der Waals surface area contributed by atoms with Gasteiger partial charge in [-0.2, -0.15) is 0 Å². The first-order valence-electron chi connectivity index (χ1n) is 5.70. The highest BCUT2D eigenvalue weighted by molar-refractivity contribution is 7.99. The molecule has 2 aromatic rings. The molecule has 0 saturated carbocycles. The molecule has 0 radical (unpaired) electrons. The van der Waals surface area contributed by atoms with Gasteiger partial charge in [0, 0.05) is 22.7 Å². The Morgan fingerprint density at radius 3 is 2.84 bits per heavy atom. The molecule has 6 heteroatoms. The van der Waals surface area contributed by atoms with Crippen molar-refractivity contribution in [2.45, 2.75) is 23.1 Å². The van der Waals surface area contributed by atoms with Crippen LogP contribution in [-0.4, -0.2) is 22.2 Å². The lowest BCUT2D eigenvalue weighted by Crippen LogP contribution is -2.05. The lowest BCUT2D eigenvalue weighted by molar-refractivity contribution is 0.191. The van der Waals surface area contributed by atoms with E-state index in [0.29, 0.717) is 16.5 Å². The van der Waals surface area contributed by atoms with Gasteiger partial charge in [-0.3, -0.25) is 4.79 Å². The van der Waals surface area contributed by atoms with Crippen molar-refractivity contribution in [3.8, 4) is 5.75 Å². The van der Waals surface area contributed by atoms with Gasteiger partial charge in [0.2, 0.25) is 0 Å². The van der Waals surface area contributed by atoms with Crippen molar-refractivity contribution in [1.82, 2.24) is 9.97 Å². The third-order valence-electron chi connectivity index (χ3n) is 2.52. The molecule has 2 rings (SSSR count). The van der Waals surface area contributed by atoms with Crippen molar-refractivity contribution in [3.05, 3.63) is 46.4 Å². The van der Waals surface area contributed by atoms with E-state index in [0.717, 1.165) is 4.90 Å². The van der Waals surface area contributed by atoms with Gasteiger partial charge in [0.05, 0.1) is 13.2 Å². The SMILES string of the molecule is COc1cccc(Sc2nccc(=O)[nH]2)c1[C@H](C)O. The second kappa shape index (κ2) is 5.90. The summed E-state index contributed by atoms with van der Waals surface area (Å²) < 4.78 is 5.24. The van der Waals surface area contributed by atoms with Crippen LogP contribution in [0.25, 0.3) is 0 Å². The van der Waals surface area contributed by atoms with Crippen molar-refractivity contribution < 1.29 is 9.84 Å². The number of aliphatic hydroxyl groups excluding tert-OH is 1. The summed E-state index contributed by atoms with van der Waals surface area (Å²) in [5.41, 5.74) is 0.473. The molecular formula is C13H14N2O3S. The maximum absolute atomic E-state index is 11.2. The Bertz CT molecular complexity index is 625. The lowest BCUT2D eigenvalue weighted by atomic mass is 10.1. The fourth-order valence-electron chi connectivity index (χ4n) is 1.71. The Morgan fingerprint density at radius 2 is 2.21 bits per heavy atom. The van der Waals surface area contributed by atoms with E-state index in [9.17, 15) is 9.90 Å². The first-order chi connectivity index (χ1) is 9.11. The molecule has 1 atom stereocenters. The maximum atomic E-state index is 11.2. The number of hydrogen-bond acceptors (Lipinski definition) is 5. The van der Waals surface area contributed by atoms with Crippen LogP contribution in [0.3, 0.4) is 0 Å². The zero-order valence-corrected chi connectivity index (χ0v) is 11.4. The van der Waals surface area contributed by atoms with Crippen LogP contribution in [-0.2, 0) is 0 Å². The van der Waals surface area contributed by atoms with Gasteiger partial charge < -0.3 is 14.8 Å². The number of aliphatic hydroxyl groups is 1. The number of nitrogens with one attached hydrogen (secondary N) is 1. The Labute approximate surface area is 114 Å². The smallest absolute Gasteiger partial charge is 0.251 e. The molecule has 0 unspecified atom stereocenters. The summed E-state index contributed by atoms with van der Waals surface area (Å²) in [7, 11) is 1.55. The first kappa shape index (κ1) is 13.6. The molecule has 0 saturated heterocycles. The van der Waals surface area contributed by atoms with E-state index in [1.807, 2.05) is 12.1 Å². The fraction of sp³-hybridized carbons (Fsp3) is 0.231. The standard InChI is InChI=1S/C13H14N2O3S/c1-8(16)12-9(18-2)4-3-5-10(12)19-13-14-7-6-11(17)15-13/h3-8,16H,1-2H3,(H,14,15,17)/t8-/m0/s1. The third-order valence-corrected chi connectivity index (χ3v) is 3.49. The number of aromatic nitrogens is 2. The van der Waals surface area contributed by atoms with Crippen molar-refractivity contribution >= 4 is 11.8 Å². The summed E-state index contributed by atoms with van der Waals surface area (Å²) in [5.74, 6) is 0.610. The van der Waals surface area contributed by atoms with Crippen molar-refractivity contribution in [2.24, 2.45) is 0 Å². The van der Waals surface area contributed by atoms with E-state index in [4.69, 9.17) is 4.74 Å². The molecule has 19 heavy (non-hydrogen) atoms. The van der Waals surface area contributed by atoms with E-state index < -0.39 is 6.10 Å². The summed E-state index contributed by atoms with van der Waals surface area (Å²) in [6.45, 7) is 1.67. The van der Waals surface area contributed by atoms with Crippen LogP contribution in [0.1, 0.15) is 18.6 Å². The van der Waals surface area contributed by atoms with Gasteiger partial charge in [-0.15, -0.1) is 0 Å². The van der Waals surface area contributed by atoms with E-state index in [1.165, 1.54) is 24.0 Å². The van der Waals surface area contributed by atoms with Gasteiger partial charge >= 0.3 is 0 Å². The molecule has 5 nitrogen and oxygen atoms in total. The number of benzene rings is 1. The molecule has 1 heterocycles. The minimum atomic E-state index is -0.672. The van der Waals surface area contributed by atoms with Gasteiger partial charge in [-0.1, -0.05) is 17.8 Å². The number of aromatic amines is 1. The minimum absolute atomic E-state index is 0.209. The van der Waals surface area contributed by atoms with E-state index in [-0.39, 0.29) is 5.56 Å². The zero-order valence-electron chi connectivity index (χ0n) is 10.6. The molecule has 0 aliphatic heterocycles. The number of rotatable bonds is 4. The highest BCUT2D eigenvalue weighted by atomic mass is 32.2. The molecule has 100 valence electrons. The normalized spacial score (nSPS) is 12.2. The number of H-pyrrole nitrogens is 1. The molecule has 0 fully saturated rings. The van der Waals surface area contributed by atoms with E-state index in [2.05, 4.69) is 9.97 Å². The summed E-state index contributed by atoms with van der Waals surface area (Å²) in [5, 5.41) is 10.3. The van der Waals surface area contributed by atoms with Gasteiger partial charge in [-0.25, -0.2) is 4.98 Å². The minimum Gasteiger partial charge on any atom is -0.496 e. The molecule has 1 aromatic heterocycles. The van der Waals surface area contributed by atoms with Crippen molar-refractivity contribution in [2.75, 3.05) is 7.11 Å². The van der Waals surface area contributed by atoms with Crippen molar-refractivity contribution in [1.29, 1.82) is 0 Å². The van der Waals surface area contributed by atoms with Crippen LogP contribution in [0.5, 0.6) is 5.75 Å². The van der Waals surface area contributed by atoms with Crippen LogP contribution in [0.2, 0.25) is 0 Å². The summed E-state index contributed by atoms with van der Waals surface area (Å²) in [6, 6.07) is 6.81. The van der Waals surface area contributed by atoms with Crippen LogP contribution in [0.15, 0.2) is 45.3 Å². The third kappa shape index (κ3) is 3.15.